The van der Waals surface area contributed by atoms with E-state index in [4.69, 9.17) is 0 Å². The molecule has 0 spiro atoms. The van der Waals surface area contributed by atoms with E-state index in [-0.39, 0.29) is 0 Å². The Morgan fingerprint density at radius 3 is 2.90 bits per heavy atom. The van der Waals surface area contributed by atoms with Gasteiger partial charge in [-0.2, -0.15) is 9.47 Å². The predicted molar refractivity (Wildman–Crippen MR) is 35.3 cm³/mol. The van der Waals surface area contributed by atoms with E-state index in [1.807, 2.05) is 0 Å². The van der Waals surface area contributed by atoms with E-state index in [1.165, 1.54) is 17.9 Å². The van der Waals surface area contributed by atoms with Crippen molar-refractivity contribution in [1.29, 1.82) is 0 Å². The first-order chi connectivity index (χ1) is 4.97. The van der Waals surface area contributed by atoms with Gasteiger partial charge in [-0.3, -0.25) is 5.10 Å². The Morgan fingerprint density at radius 1 is 1.30 bits per heavy atom. The molecule has 5 nitrogen and oxygen atoms in total. The maximum absolute atomic E-state index is 3.94. The molecule has 0 saturated heterocycles. The Balaban J connectivity index is 2.48. The topological polar surface area (TPSA) is 67.3 Å². The summed E-state index contributed by atoms with van der Waals surface area (Å²) in [5.41, 5.74) is 1.64. The molecular weight excluding hydrogens is 150 g/mol. The molecule has 50 valence electrons. The molecule has 1 N–H and O–H groups in total. The van der Waals surface area contributed by atoms with Crippen LogP contribution >= 0.6 is 11.5 Å². The number of H-pyrrole nitrogens is 1. The third-order valence-corrected chi connectivity index (χ3v) is 1.45. The van der Waals surface area contributed by atoms with Crippen LogP contribution < -0.4 is 0 Å². The Kier molecular flexibility index (Phi) is 1.17. The number of aromatic amines is 1. The minimum Gasteiger partial charge on any atom is -0.265 e. The van der Waals surface area contributed by atoms with Gasteiger partial charge >= 0.3 is 0 Å². The number of nitrogens with one attached hydrogen (secondary N) is 1. The summed E-state index contributed by atoms with van der Waals surface area (Å²) in [6, 6.07) is 0. The predicted octanol–water partition coefficient (Wildman–Crippen LogP) is 0.323. The molecule has 0 fully saturated rings. The normalized spacial score (nSPS) is 10.0. The van der Waals surface area contributed by atoms with Gasteiger partial charge in [-0.05, 0) is 11.5 Å². The van der Waals surface area contributed by atoms with Crippen LogP contribution in [0.3, 0.4) is 0 Å². The van der Waals surface area contributed by atoms with Crippen molar-refractivity contribution < 1.29 is 0 Å². The molecule has 0 saturated carbocycles. The lowest BCUT2D eigenvalue weighted by Gasteiger charge is -1.78. The maximum Gasteiger partial charge on any atom is 0.219 e. The van der Waals surface area contributed by atoms with E-state index < -0.39 is 0 Å². The second-order valence-corrected chi connectivity index (χ2v) is 2.18. The molecule has 2 aromatic rings. The van der Waals surface area contributed by atoms with Crippen LogP contribution in [0.4, 0.5) is 0 Å². The Morgan fingerprint density at radius 2 is 2.30 bits per heavy atom. The van der Waals surface area contributed by atoms with Crippen molar-refractivity contribution in [2.75, 3.05) is 0 Å². The van der Waals surface area contributed by atoms with Crippen molar-refractivity contribution in [2.24, 2.45) is 0 Å². The van der Waals surface area contributed by atoms with E-state index in [1.54, 1.807) is 5.51 Å². The fraction of sp³-hybridized carbons (Fsp3) is 0. The number of hydrogen-bond acceptors (Lipinski definition) is 5. The van der Waals surface area contributed by atoms with E-state index in [0.717, 1.165) is 0 Å². The van der Waals surface area contributed by atoms with Crippen LogP contribution in [0.15, 0.2) is 11.8 Å². The summed E-state index contributed by atoms with van der Waals surface area (Å²) in [5, 5.41) is 6.39. The minimum atomic E-state index is 0.543. The lowest BCUT2D eigenvalue weighted by atomic mass is 10.6. The fourth-order valence-corrected chi connectivity index (χ4v) is 1.01. The first-order valence-corrected chi connectivity index (χ1v) is 3.43. The van der Waals surface area contributed by atoms with Gasteiger partial charge in [0.05, 0.1) is 0 Å². The second-order valence-electron chi connectivity index (χ2n) is 1.58. The molecule has 0 radical (unpaired) electrons. The SMILES string of the molecule is c1nc(-c2ncsn2)n[nH]1. The van der Waals surface area contributed by atoms with Gasteiger partial charge in [0.1, 0.15) is 11.8 Å². The fourth-order valence-electron chi connectivity index (χ4n) is 0.586. The Labute approximate surface area is 60.3 Å². The molecule has 0 aromatic carbocycles. The van der Waals surface area contributed by atoms with Crippen LogP contribution in [-0.2, 0) is 0 Å². The molecule has 0 aliphatic carbocycles. The standard InChI is InChI=1S/C4H3N5S/c1-5-3(8-7-1)4-6-2-10-9-4/h1-2H,(H,5,7,8). The van der Waals surface area contributed by atoms with Crippen LogP contribution in [0, 0.1) is 0 Å². The van der Waals surface area contributed by atoms with Crippen molar-refractivity contribution in [3.8, 4) is 11.6 Å². The summed E-state index contributed by atoms with van der Waals surface area (Å²) in [7, 11) is 0. The van der Waals surface area contributed by atoms with Gasteiger partial charge in [-0.25, -0.2) is 9.97 Å². The highest BCUT2D eigenvalue weighted by atomic mass is 32.1. The van der Waals surface area contributed by atoms with Crippen molar-refractivity contribution in [2.45, 2.75) is 0 Å². The second kappa shape index (κ2) is 2.14. The molecule has 0 amide bonds. The highest BCUT2D eigenvalue weighted by Gasteiger charge is 2.02. The van der Waals surface area contributed by atoms with Crippen LogP contribution in [0.1, 0.15) is 0 Å². The molecule has 0 atom stereocenters. The van der Waals surface area contributed by atoms with E-state index in [0.29, 0.717) is 11.6 Å². The Bertz CT molecular complexity index is 253. The molecular formula is C4H3N5S. The number of hydrogen-bond donors (Lipinski definition) is 1. The third-order valence-electron chi connectivity index (χ3n) is 0.976. The lowest BCUT2D eigenvalue weighted by molar-refractivity contribution is 1.08. The van der Waals surface area contributed by atoms with Crippen LogP contribution in [0.25, 0.3) is 11.6 Å². The van der Waals surface area contributed by atoms with Crippen molar-refractivity contribution in [1.82, 2.24) is 24.5 Å². The monoisotopic (exact) mass is 153 g/mol. The lowest BCUT2D eigenvalue weighted by Crippen LogP contribution is -1.81. The first kappa shape index (κ1) is 5.48. The minimum absolute atomic E-state index is 0.543. The number of nitrogens with zero attached hydrogens (tertiary/aromatic N) is 4. The van der Waals surface area contributed by atoms with Crippen molar-refractivity contribution in [3.63, 3.8) is 0 Å². The zero-order chi connectivity index (χ0) is 6.81. The van der Waals surface area contributed by atoms with E-state index in [2.05, 4.69) is 24.5 Å². The summed E-state index contributed by atoms with van der Waals surface area (Å²) in [6.45, 7) is 0. The number of rotatable bonds is 1. The summed E-state index contributed by atoms with van der Waals surface area (Å²) < 4.78 is 3.94. The largest absolute Gasteiger partial charge is 0.265 e. The molecule has 0 bridgehead atoms. The zero-order valence-electron chi connectivity index (χ0n) is 4.85. The molecule has 6 heteroatoms. The van der Waals surface area contributed by atoms with Crippen LogP contribution in [-0.4, -0.2) is 24.5 Å². The quantitative estimate of drug-likeness (QED) is 0.640. The maximum atomic E-state index is 3.94. The molecule has 0 unspecified atom stereocenters. The van der Waals surface area contributed by atoms with Gasteiger partial charge < -0.3 is 0 Å². The van der Waals surface area contributed by atoms with Gasteiger partial charge in [-0.15, -0.1) is 0 Å². The van der Waals surface area contributed by atoms with Crippen LogP contribution in [0.2, 0.25) is 0 Å². The van der Waals surface area contributed by atoms with E-state index in [9.17, 15) is 0 Å². The molecule has 0 aliphatic heterocycles. The summed E-state index contributed by atoms with van der Waals surface area (Å²) in [6.07, 6.45) is 1.50. The molecule has 2 heterocycles. The van der Waals surface area contributed by atoms with Gasteiger partial charge in [0.15, 0.2) is 0 Å². The number of aromatic nitrogens is 5. The van der Waals surface area contributed by atoms with Crippen molar-refractivity contribution in [3.05, 3.63) is 11.8 Å². The average Bonchev–Trinajstić information content (AvgIpc) is 2.59. The molecule has 2 rings (SSSR count). The van der Waals surface area contributed by atoms with Gasteiger partial charge in [-0.1, -0.05) is 0 Å². The first-order valence-electron chi connectivity index (χ1n) is 2.59. The molecule has 10 heavy (non-hydrogen) atoms. The highest BCUT2D eigenvalue weighted by Crippen LogP contribution is 2.06. The summed E-state index contributed by atoms with van der Waals surface area (Å²) in [5.74, 6) is 1.12. The molecule has 2 aromatic heterocycles. The smallest absolute Gasteiger partial charge is 0.219 e. The van der Waals surface area contributed by atoms with Gasteiger partial charge in [0.25, 0.3) is 0 Å². The zero-order valence-corrected chi connectivity index (χ0v) is 5.67. The highest BCUT2D eigenvalue weighted by molar-refractivity contribution is 7.03. The van der Waals surface area contributed by atoms with Crippen molar-refractivity contribution >= 4 is 11.5 Å². The van der Waals surface area contributed by atoms with Crippen LogP contribution in [0.5, 0.6) is 0 Å². The average molecular weight is 153 g/mol. The Hall–Kier alpha value is -1.30. The summed E-state index contributed by atoms with van der Waals surface area (Å²) in [4.78, 5) is 7.79. The van der Waals surface area contributed by atoms with Gasteiger partial charge in [0.2, 0.25) is 11.6 Å². The van der Waals surface area contributed by atoms with Gasteiger partial charge in [0, 0.05) is 0 Å². The summed E-state index contributed by atoms with van der Waals surface area (Å²) >= 11 is 1.28. The van der Waals surface area contributed by atoms with E-state index >= 15 is 0 Å². The third kappa shape index (κ3) is 0.781. The molecule has 0 aliphatic rings.